The number of fused-ring (bicyclic) bond motifs is 1. The van der Waals surface area contributed by atoms with Gasteiger partial charge in [-0.05, 0) is 32.3 Å². The number of hydrogen-bond acceptors (Lipinski definition) is 3. The van der Waals surface area contributed by atoms with Crippen LogP contribution in [-0.4, -0.2) is 27.1 Å². The lowest BCUT2D eigenvalue weighted by molar-refractivity contribution is 0.0604. The van der Waals surface area contributed by atoms with Crippen LogP contribution in [0.2, 0.25) is 0 Å². The molecule has 1 atom stereocenters. The molecule has 1 amide bonds. The molecule has 1 aromatic carbocycles. The van der Waals surface area contributed by atoms with Crippen molar-refractivity contribution < 1.29 is 9.32 Å². The SMILES string of the molecule is Cc1cc([C@@H]2CCCCN2C(=O)c2cn(C)c3ccccc23)no1. The highest BCUT2D eigenvalue weighted by molar-refractivity contribution is 6.07. The minimum absolute atomic E-state index is 0.00247. The molecule has 4 rings (SSSR count). The van der Waals surface area contributed by atoms with E-state index in [1.165, 1.54) is 0 Å². The van der Waals surface area contributed by atoms with Gasteiger partial charge in [-0.2, -0.15) is 0 Å². The molecule has 3 heterocycles. The predicted molar refractivity (Wildman–Crippen MR) is 91.8 cm³/mol. The Labute approximate surface area is 140 Å². The van der Waals surface area contributed by atoms with E-state index in [1.54, 1.807) is 0 Å². The fourth-order valence-corrected chi connectivity index (χ4v) is 3.69. The zero-order chi connectivity index (χ0) is 16.7. The summed E-state index contributed by atoms with van der Waals surface area (Å²) in [6.45, 7) is 2.65. The van der Waals surface area contributed by atoms with Crippen LogP contribution in [0.3, 0.4) is 0 Å². The van der Waals surface area contributed by atoms with Gasteiger partial charge < -0.3 is 14.0 Å². The molecule has 2 aromatic heterocycles. The standard InChI is InChI=1S/C19H21N3O2/c1-13-11-16(20-24-13)18-9-5-6-10-22(18)19(23)15-12-21(2)17-8-4-3-7-14(15)17/h3-4,7-8,11-12,18H,5-6,9-10H2,1-2H3/t18-/m0/s1. The third kappa shape index (κ3) is 2.40. The minimum atomic E-state index is 0.00247. The summed E-state index contributed by atoms with van der Waals surface area (Å²) in [5, 5.41) is 5.16. The van der Waals surface area contributed by atoms with E-state index in [0.29, 0.717) is 0 Å². The van der Waals surface area contributed by atoms with Crippen molar-refractivity contribution in [1.82, 2.24) is 14.6 Å². The van der Waals surface area contributed by atoms with E-state index >= 15 is 0 Å². The molecule has 1 saturated heterocycles. The fraction of sp³-hybridized carbons (Fsp3) is 0.368. The van der Waals surface area contributed by atoms with E-state index in [1.807, 2.05) is 60.0 Å². The van der Waals surface area contributed by atoms with Crippen LogP contribution >= 0.6 is 0 Å². The van der Waals surface area contributed by atoms with Gasteiger partial charge in [-0.1, -0.05) is 23.4 Å². The summed E-state index contributed by atoms with van der Waals surface area (Å²) in [6.07, 6.45) is 5.01. The second-order valence-corrected chi connectivity index (χ2v) is 6.54. The first-order chi connectivity index (χ1) is 11.6. The summed E-state index contributed by atoms with van der Waals surface area (Å²) in [4.78, 5) is 15.2. The Kier molecular flexibility index (Phi) is 3.63. The number of para-hydroxylation sites is 1. The minimum Gasteiger partial charge on any atom is -0.361 e. The molecule has 0 unspecified atom stereocenters. The second-order valence-electron chi connectivity index (χ2n) is 6.54. The molecule has 0 bridgehead atoms. The number of rotatable bonds is 2. The molecule has 5 nitrogen and oxygen atoms in total. The van der Waals surface area contributed by atoms with Crippen LogP contribution in [0.5, 0.6) is 0 Å². The molecule has 0 N–H and O–H groups in total. The molecule has 0 radical (unpaired) electrons. The Balaban J connectivity index is 1.73. The lowest BCUT2D eigenvalue weighted by atomic mass is 9.98. The summed E-state index contributed by atoms with van der Waals surface area (Å²) in [5.41, 5.74) is 2.70. The molecule has 1 aliphatic heterocycles. The Morgan fingerprint density at radius 2 is 2.12 bits per heavy atom. The van der Waals surface area contributed by atoms with Crippen molar-refractivity contribution in [1.29, 1.82) is 0 Å². The molecular formula is C19H21N3O2. The normalized spacial score (nSPS) is 18.2. The van der Waals surface area contributed by atoms with Crippen LogP contribution in [0.1, 0.15) is 47.1 Å². The van der Waals surface area contributed by atoms with Gasteiger partial charge in [-0.3, -0.25) is 4.79 Å². The quantitative estimate of drug-likeness (QED) is 0.720. The average molecular weight is 323 g/mol. The van der Waals surface area contributed by atoms with Crippen molar-refractivity contribution in [3.05, 3.63) is 53.5 Å². The fourth-order valence-electron chi connectivity index (χ4n) is 3.69. The monoisotopic (exact) mass is 323 g/mol. The van der Waals surface area contributed by atoms with Gasteiger partial charge in [0.05, 0.1) is 11.6 Å². The molecule has 0 saturated carbocycles. The smallest absolute Gasteiger partial charge is 0.256 e. The molecule has 5 heteroatoms. The molecule has 1 aliphatic rings. The van der Waals surface area contributed by atoms with Gasteiger partial charge >= 0.3 is 0 Å². The van der Waals surface area contributed by atoms with Crippen molar-refractivity contribution in [3.63, 3.8) is 0 Å². The first-order valence-corrected chi connectivity index (χ1v) is 8.43. The summed E-state index contributed by atoms with van der Waals surface area (Å²) >= 11 is 0. The van der Waals surface area contributed by atoms with Crippen molar-refractivity contribution in [2.45, 2.75) is 32.2 Å². The lowest BCUT2D eigenvalue weighted by Crippen LogP contribution is -2.38. The summed E-state index contributed by atoms with van der Waals surface area (Å²) in [7, 11) is 1.98. The predicted octanol–water partition coefficient (Wildman–Crippen LogP) is 3.84. The Morgan fingerprint density at radius 3 is 2.92 bits per heavy atom. The summed E-state index contributed by atoms with van der Waals surface area (Å²) in [6, 6.07) is 9.98. The van der Waals surface area contributed by atoms with Crippen LogP contribution in [0.15, 0.2) is 41.1 Å². The zero-order valence-electron chi connectivity index (χ0n) is 14.0. The number of nitrogens with zero attached hydrogens (tertiary/aromatic N) is 3. The van der Waals surface area contributed by atoms with Gasteiger partial charge in [0.15, 0.2) is 0 Å². The first kappa shape index (κ1) is 15.0. The van der Waals surface area contributed by atoms with Gasteiger partial charge in [0.1, 0.15) is 11.5 Å². The number of likely N-dealkylation sites (tertiary alicyclic amines) is 1. The average Bonchev–Trinajstić information content (AvgIpc) is 3.19. The highest BCUT2D eigenvalue weighted by atomic mass is 16.5. The summed E-state index contributed by atoms with van der Waals surface area (Å²) < 4.78 is 7.25. The van der Waals surface area contributed by atoms with Crippen LogP contribution in [0.4, 0.5) is 0 Å². The summed E-state index contributed by atoms with van der Waals surface area (Å²) in [5.74, 6) is 0.866. The number of amides is 1. The maximum Gasteiger partial charge on any atom is 0.256 e. The Hall–Kier alpha value is -2.56. The van der Waals surface area contributed by atoms with Gasteiger partial charge in [0, 0.05) is 36.8 Å². The maximum absolute atomic E-state index is 13.3. The van der Waals surface area contributed by atoms with E-state index in [4.69, 9.17) is 4.52 Å². The lowest BCUT2D eigenvalue weighted by Gasteiger charge is -2.34. The van der Waals surface area contributed by atoms with Crippen molar-refractivity contribution in [2.24, 2.45) is 7.05 Å². The highest BCUT2D eigenvalue weighted by Gasteiger charge is 2.32. The molecule has 0 aliphatic carbocycles. The number of carbonyl (C=O) groups excluding carboxylic acids is 1. The van der Waals surface area contributed by atoms with E-state index in [-0.39, 0.29) is 11.9 Å². The van der Waals surface area contributed by atoms with Crippen LogP contribution < -0.4 is 0 Å². The molecule has 0 spiro atoms. The third-order valence-electron chi connectivity index (χ3n) is 4.88. The Bertz CT molecular complexity index is 893. The van der Waals surface area contributed by atoms with Gasteiger partial charge in [0.2, 0.25) is 0 Å². The van der Waals surface area contributed by atoms with Crippen LogP contribution in [0, 0.1) is 6.92 Å². The number of aromatic nitrogens is 2. The molecule has 24 heavy (non-hydrogen) atoms. The molecule has 3 aromatic rings. The van der Waals surface area contributed by atoms with E-state index in [0.717, 1.165) is 53.7 Å². The second kappa shape index (κ2) is 5.82. The van der Waals surface area contributed by atoms with E-state index < -0.39 is 0 Å². The number of aryl methyl sites for hydroxylation is 2. The van der Waals surface area contributed by atoms with Crippen molar-refractivity contribution in [2.75, 3.05) is 6.54 Å². The number of piperidine rings is 1. The van der Waals surface area contributed by atoms with E-state index in [2.05, 4.69) is 5.16 Å². The first-order valence-electron chi connectivity index (χ1n) is 8.43. The number of benzene rings is 1. The van der Waals surface area contributed by atoms with E-state index in [9.17, 15) is 4.79 Å². The Morgan fingerprint density at radius 1 is 1.29 bits per heavy atom. The van der Waals surface area contributed by atoms with Crippen LogP contribution in [-0.2, 0) is 7.05 Å². The molecular weight excluding hydrogens is 302 g/mol. The van der Waals surface area contributed by atoms with Crippen molar-refractivity contribution >= 4 is 16.8 Å². The third-order valence-corrected chi connectivity index (χ3v) is 4.88. The zero-order valence-corrected chi connectivity index (χ0v) is 14.0. The van der Waals surface area contributed by atoms with Gasteiger partial charge in [-0.15, -0.1) is 0 Å². The molecule has 1 fully saturated rings. The topological polar surface area (TPSA) is 51.3 Å². The molecule has 124 valence electrons. The van der Waals surface area contributed by atoms with Crippen LogP contribution in [0.25, 0.3) is 10.9 Å². The highest BCUT2D eigenvalue weighted by Crippen LogP contribution is 2.33. The van der Waals surface area contributed by atoms with Gasteiger partial charge in [-0.25, -0.2) is 0 Å². The number of carbonyl (C=O) groups is 1. The van der Waals surface area contributed by atoms with Gasteiger partial charge in [0.25, 0.3) is 5.91 Å². The maximum atomic E-state index is 13.3. The van der Waals surface area contributed by atoms with Crippen molar-refractivity contribution in [3.8, 4) is 0 Å². The number of hydrogen-bond donors (Lipinski definition) is 0. The largest absolute Gasteiger partial charge is 0.361 e.